The Labute approximate surface area is 199 Å². The number of anilines is 2. The molecule has 6 rings (SSSR count). The summed E-state index contributed by atoms with van der Waals surface area (Å²) in [5.74, 6) is 0.966. The van der Waals surface area contributed by atoms with Gasteiger partial charge in [0.1, 0.15) is 17.2 Å². The molecule has 0 aromatic carbocycles. The van der Waals surface area contributed by atoms with Gasteiger partial charge >= 0.3 is 0 Å². The van der Waals surface area contributed by atoms with Gasteiger partial charge in [-0.05, 0) is 30.7 Å². The van der Waals surface area contributed by atoms with Crippen LogP contribution < -0.4 is 10.2 Å². The first-order valence-corrected chi connectivity index (χ1v) is 11.8. The molecule has 1 amide bonds. The minimum atomic E-state index is -2.84. The second-order valence-electron chi connectivity index (χ2n) is 9.47. The van der Waals surface area contributed by atoms with Crippen molar-refractivity contribution in [2.45, 2.75) is 38.2 Å². The molecule has 0 bridgehead atoms. The fourth-order valence-corrected chi connectivity index (χ4v) is 5.59. The number of amides is 1. The highest BCUT2D eigenvalue weighted by Gasteiger charge is 2.42. The average molecular weight is 485 g/mol. The van der Waals surface area contributed by atoms with Crippen molar-refractivity contribution in [2.24, 2.45) is 11.8 Å². The molecule has 35 heavy (non-hydrogen) atoms. The standard InChI is InChI=1S/C23H25F2N7O3/c24-21(25)20-18(12-32(29-20)15-7-13-9-16(33)10-14(13)8-15)27-23(34)17-11-26-31-2-1-19(28-22(17)31)30-3-5-35-6-4-30/h1-2,11-15,21H,3-10H2,(H,27,34). The highest BCUT2D eigenvalue weighted by molar-refractivity contribution is 6.08. The maximum Gasteiger partial charge on any atom is 0.284 e. The number of nitrogens with zero attached hydrogens (tertiary/aromatic N) is 6. The van der Waals surface area contributed by atoms with Crippen LogP contribution in [0.4, 0.5) is 20.3 Å². The number of alkyl halides is 2. The summed E-state index contributed by atoms with van der Waals surface area (Å²) < 4.78 is 36.0. The first-order chi connectivity index (χ1) is 17.0. The van der Waals surface area contributed by atoms with E-state index in [0.717, 1.165) is 12.8 Å². The topological polar surface area (TPSA) is 107 Å². The summed E-state index contributed by atoms with van der Waals surface area (Å²) in [5, 5.41) is 10.9. The SMILES string of the molecule is O=C1CC2CC(n3cc(NC(=O)c4cnn5ccc(N6CCOCC6)nc45)c(C(F)F)n3)CC2C1. The van der Waals surface area contributed by atoms with E-state index in [0.29, 0.717) is 50.6 Å². The third kappa shape index (κ3) is 4.05. The van der Waals surface area contributed by atoms with Crippen LogP contribution in [-0.4, -0.2) is 62.4 Å². The van der Waals surface area contributed by atoms with Crippen LogP contribution in [0.25, 0.3) is 5.65 Å². The number of Topliss-reactive ketones (excluding diaryl/α,β-unsaturated/α-hetero) is 1. The number of ether oxygens (including phenoxy) is 1. The predicted octanol–water partition coefficient (Wildman–Crippen LogP) is 2.88. The minimum absolute atomic E-state index is 0.0261. The summed E-state index contributed by atoms with van der Waals surface area (Å²) in [5.41, 5.74) is 0.0273. The number of halogens is 2. The monoisotopic (exact) mass is 485 g/mol. The molecule has 4 heterocycles. The summed E-state index contributed by atoms with van der Waals surface area (Å²) in [6.45, 7) is 2.57. The second kappa shape index (κ2) is 8.67. The van der Waals surface area contributed by atoms with Gasteiger partial charge in [-0.25, -0.2) is 18.3 Å². The first kappa shape index (κ1) is 22.1. The molecule has 0 radical (unpaired) electrons. The lowest BCUT2D eigenvalue weighted by Crippen LogP contribution is -2.36. The zero-order chi connectivity index (χ0) is 24.1. The normalized spacial score (nSPS) is 24.5. The summed E-state index contributed by atoms with van der Waals surface area (Å²) in [4.78, 5) is 31.5. The van der Waals surface area contributed by atoms with Gasteiger partial charge in [0.05, 0.1) is 31.1 Å². The quantitative estimate of drug-likeness (QED) is 0.592. The third-order valence-electron chi connectivity index (χ3n) is 7.32. The molecule has 3 aliphatic rings. The van der Waals surface area contributed by atoms with Crippen molar-refractivity contribution in [3.8, 4) is 0 Å². The van der Waals surface area contributed by atoms with Crippen LogP contribution >= 0.6 is 0 Å². The van der Waals surface area contributed by atoms with Gasteiger partial charge < -0.3 is 15.0 Å². The summed E-state index contributed by atoms with van der Waals surface area (Å²) in [6, 6.07) is 1.76. The van der Waals surface area contributed by atoms with Gasteiger partial charge in [-0.15, -0.1) is 0 Å². The van der Waals surface area contributed by atoms with E-state index in [1.54, 1.807) is 6.20 Å². The molecule has 2 unspecified atom stereocenters. The Morgan fingerprint density at radius 2 is 1.91 bits per heavy atom. The average Bonchev–Trinajstić information content (AvgIpc) is 3.60. The van der Waals surface area contributed by atoms with Crippen LogP contribution in [-0.2, 0) is 9.53 Å². The van der Waals surface area contributed by atoms with E-state index in [9.17, 15) is 18.4 Å². The molecular formula is C23H25F2N7O3. The molecular weight excluding hydrogens is 460 g/mol. The van der Waals surface area contributed by atoms with Crippen LogP contribution in [0.5, 0.6) is 0 Å². The Balaban J connectivity index is 1.24. The molecule has 12 heteroatoms. The van der Waals surface area contributed by atoms with Crippen LogP contribution in [0.15, 0.2) is 24.7 Å². The van der Waals surface area contributed by atoms with Crippen molar-refractivity contribution in [1.29, 1.82) is 0 Å². The molecule has 2 atom stereocenters. The van der Waals surface area contributed by atoms with Crippen LogP contribution in [0, 0.1) is 11.8 Å². The second-order valence-corrected chi connectivity index (χ2v) is 9.47. The molecule has 2 saturated carbocycles. The van der Waals surface area contributed by atoms with Crippen molar-refractivity contribution in [1.82, 2.24) is 24.4 Å². The molecule has 1 saturated heterocycles. The third-order valence-corrected chi connectivity index (χ3v) is 7.32. The van der Waals surface area contributed by atoms with Gasteiger partial charge in [-0.3, -0.25) is 14.3 Å². The van der Waals surface area contributed by atoms with Gasteiger partial charge in [0.15, 0.2) is 11.3 Å². The number of rotatable bonds is 5. The first-order valence-electron chi connectivity index (χ1n) is 11.8. The summed E-state index contributed by atoms with van der Waals surface area (Å²) >= 11 is 0. The number of carbonyl (C=O) groups excluding carboxylic acids is 2. The Hall–Kier alpha value is -3.41. The number of hydrogen-bond acceptors (Lipinski definition) is 7. The van der Waals surface area contributed by atoms with E-state index in [-0.39, 0.29) is 34.9 Å². The molecule has 1 N–H and O–H groups in total. The number of fused-ring (bicyclic) bond motifs is 2. The van der Waals surface area contributed by atoms with Gasteiger partial charge in [0.25, 0.3) is 12.3 Å². The van der Waals surface area contributed by atoms with Crippen molar-refractivity contribution in [2.75, 3.05) is 36.5 Å². The Morgan fingerprint density at radius 1 is 1.17 bits per heavy atom. The van der Waals surface area contributed by atoms with Gasteiger partial charge in [0, 0.05) is 38.3 Å². The Kier molecular flexibility index (Phi) is 5.47. The molecule has 1 aliphatic heterocycles. The molecule has 3 aromatic heterocycles. The van der Waals surface area contributed by atoms with Crippen LogP contribution in [0.2, 0.25) is 0 Å². The fraction of sp³-hybridized carbons (Fsp3) is 0.522. The van der Waals surface area contributed by atoms with Crippen LogP contribution in [0.3, 0.4) is 0 Å². The number of ketones is 1. The predicted molar refractivity (Wildman–Crippen MR) is 121 cm³/mol. The number of aromatic nitrogens is 5. The number of hydrogen-bond donors (Lipinski definition) is 1. The largest absolute Gasteiger partial charge is 0.378 e. The Morgan fingerprint density at radius 3 is 2.63 bits per heavy atom. The van der Waals surface area contributed by atoms with E-state index < -0.39 is 18.0 Å². The lowest BCUT2D eigenvalue weighted by Gasteiger charge is -2.27. The van der Waals surface area contributed by atoms with E-state index >= 15 is 0 Å². The molecule has 0 spiro atoms. The molecule has 10 nitrogen and oxygen atoms in total. The Bertz CT molecular complexity index is 1270. The summed E-state index contributed by atoms with van der Waals surface area (Å²) in [6.07, 6.45) is 4.31. The maximum absolute atomic E-state index is 13.8. The number of carbonyl (C=O) groups is 2. The highest BCUT2D eigenvalue weighted by Crippen LogP contribution is 2.47. The number of morpholine rings is 1. The maximum atomic E-state index is 13.8. The van der Waals surface area contributed by atoms with Crippen molar-refractivity contribution >= 4 is 28.8 Å². The van der Waals surface area contributed by atoms with E-state index in [1.807, 2.05) is 6.07 Å². The lowest BCUT2D eigenvalue weighted by atomic mass is 10.0. The van der Waals surface area contributed by atoms with E-state index in [2.05, 4.69) is 25.4 Å². The highest BCUT2D eigenvalue weighted by atomic mass is 19.3. The smallest absolute Gasteiger partial charge is 0.284 e. The van der Waals surface area contributed by atoms with Crippen molar-refractivity contribution in [3.63, 3.8) is 0 Å². The van der Waals surface area contributed by atoms with Crippen molar-refractivity contribution in [3.05, 3.63) is 35.9 Å². The fourth-order valence-electron chi connectivity index (χ4n) is 5.59. The zero-order valence-corrected chi connectivity index (χ0v) is 18.9. The van der Waals surface area contributed by atoms with Crippen molar-refractivity contribution < 1.29 is 23.1 Å². The van der Waals surface area contributed by atoms with E-state index in [4.69, 9.17) is 4.74 Å². The van der Waals surface area contributed by atoms with E-state index in [1.165, 1.54) is 21.6 Å². The lowest BCUT2D eigenvalue weighted by molar-refractivity contribution is -0.117. The zero-order valence-electron chi connectivity index (χ0n) is 18.9. The summed E-state index contributed by atoms with van der Waals surface area (Å²) in [7, 11) is 0. The molecule has 184 valence electrons. The van der Waals surface area contributed by atoms with Gasteiger partial charge in [0.2, 0.25) is 0 Å². The molecule has 3 fully saturated rings. The molecule has 2 aliphatic carbocycles. The van der Waals surface area contributed by atoms with Crippen LogP contribution in [0.1, 0.15) is 54.2 Å². The minimum Gasteiger partial charge on any atom is -0.378 e. The van der Waals surface area contributed by atoms with Gasteiger partial charge in [-0.2, -0.15) is 10.2 Å². The van der Waals surface area contributed by atoms with Gasteiger partial charge in [-0.1, -0.05) is 0 Å². The molecule has 3 aromatic rings. The number of nitrogens with one attached hydrogen (secondary N) is 1.